The average molecular weight is 493 g/mol. The maximum absolute atomic E-state index is 13.3. The minimum atomic E-state index is -5.04. The summed E-state index contributed by atoms with van der Waals surface area (Å²) in [5.41, 5.74) is -0.725. The standard InChI is InChI=1S/C25H17F6NO3/c26-24(27,28)17-7-10-22(20(12-17)25(29,30)31)35-18-8-5-15(6-9-18)13-32-14-16(11-23(33)34)19-3-1-2-4-21(19)32/h1-10,12,14H,11,13H2,(H,33,34). The first-order valence-corrected chi connectivity index (χ1v) is 10.3. The number of nitrogens with zero attached hydrogens (tertiary/aromatic N) is 1. The SMILES string of the molecule is O=C(O)Cc1cn(Cc2ccc(Oc3ccc(C(F)(F)F)cc3C(F)(F)F)cc2)c2ccccc12. The summed E-state index contributed by atoms with van der Waals surface area (Å²) in [6.07, 6.45) is -8.37. The summed E-state index contributed by atoms with van der Waals surface area (Å²) in [7, 11) is 0. The fourth-order valence-corrected chi connectivity index (χ4v) is 3.76. The predicted molar refractivity (Wildman–Crippen MR) is 115 cm³/mol. The monoisotopic (exact) mass is 493 g/mol. The lowest BCUT2D eigenvalue weighted by Crippen LogP contribution is -2.11. The van der Waals surface area contributed by atoms with E-state index in [1.807, 2.05) is 22.8 Å². The molecule has 0 radical (unpaired) electrons. The summed E-state index contributed by atoms with van der Waals surface area (Å²) >= 11 is 0. The first kappa shape index (κ1) is 24.2. The van der Waals surface area contributed by atoms with Crippen LogP contribution < -0.4 is 4.74 Å². The van der Waals surface area contributed by atoms with Gasteiger partial charge >= 0.3 is 18.3 Å². The third kappa shape index (κ3) is 5.42. The Labute approximate surface area is 195 Å². The summed E-state index contributed by atoms with van der Waals surface area (Å²) in [4.78, 5) is 11.2. The Morgan fingerprint density at radius 2 is 1.57 bits per heavy atom. The number of para-hydroxylation sites is 1. The van der Waals surface area contributed by atoms with Crippen molar-refractivity contribution in [3.05, 3.63) is 95.2 Å². The molecule has 0 aliphatic rings. The van der Waals surface area contributed by atoms with Crippen LogP contribution in [0.4, 0.5) is 26.3 Å². The zero-order valence-electron chi connectivity index (χ0n) is 17.8. The lowest BCUT2D eigenvalue weighted by molar-refractivity contribution is -0.143. The highest BCUT2D eigenvalue weighted by Crippen LogP contribution is 2.41. The molecule has 0 spiro atoms. The van der Waals surface area contributed by atoms with Gasteiger partial charge in [0.2, 0.25) is 0 Å². The second kappa shape index (κ2) is 9.01. The van der Waals surface area contributed by atoms with Crippen molar-refractivity contribution in [2.75, 3.05) is 0 Å². The molecule has 1 aromatic heterocycles. The van der Waals surface area contributed by atoms with Crippen molar-refractivity contribution in [2.45, 2.75) is 25.3 Å². The fourth-order valence-electron chi connectivity index (χ4n) is 3.76. The third-order valence-corrected chi connectivity index (χ3v) is 5.33. The number of alkyl halides is 6. The van der Waals surface area contributed by atoms with Gasteiger partial charge in [-0.15, -0.1) is 0 Å². The van der Waals surface area contributed by atoms with E-state index in [0.717, 1.165) is 16.5 Å². The summed E-state index contributed by atoms with van der Waals surface area (Å²) in [5, 5.41) is 9.96. The molecule has 0 aliphatic carbocycles. The quantitative estimate of drug-likeness (QED) is 0.290. The van der Waals surface area contributed by atoms with Crippen molar-refractivity contribution in [1.29, 1.82) is 0 Å². The molecular formula is C25H17F6NO3. The van der Waals surface area contributed by atoms with Crippen LogP contribution in [0.15, 0.2) is 72.9 Å². The van der Waals surface area contributed by atoms with Crippen LogP contribution in [0.25, 0.3) is 10.9 Å². The van der Waals surface area contributed by atoms with Crippen LogP contribution in [0.3, 0.4) is 0 Å². The van der Waals surface area contributed by atoms with Crippen molar-refractivity contribution in [3.8, 4) is 11.5 Å². The first-order chi connectivity index (χ1) is 16.4. The number of benzene rings is 3. The highest BCUT2D eigenvalue weighted by Gasteiger charge is 2.39. The highest BCUT2D eigenvalue weighted by molar-refractivity contribution is 5.87. The number of ether oxygens (including phenoxy) is 1. The zero-order valence-corrected chi connectivity index (χ0v) is 17.8. The maximum Gasteiger partial charge on any atom is 0.420 e. The molecule has 4 aromatic rings. The summed E-state index contributed by atoms with van der Waals surface area (Å²) in [5.74, 6) is -1.69. The number of rotatable bonds is 6. The summed E-state index contributed by atoms with van der Waals surface area (Å²) in [6, 6.07) is 14.6. The van der Waals surface area contributed by atoms with Gasteiger partial charge in [-0.2, -0.15) is 26.3 Å². The second-order valence-electron chi connectivity index (χ2n) is 7.82. The van der Waals surface area contributed by atoms with E-state index in [0.29, 0.717) is 24.2 Å². The minimum Gasteiger partial charge on any atom is -0.481 e. The molecule has 182 valence electrons. The Balaban J connectivity index is 1.58. The molecule has 0 bridgehead atoms. The molecular weight excluding hydrogens is 476 g/mol. The highest BCUT2D eigenvalue weighted by atomic mass is 19.4. The Kier molecular flexibility index (Phi) is 6.23. The Hall–Kier alpha value is -3.95. The van der Waals surface area contributed by atoms with E-state index < -0.39 is 35.2 Å². The van der Waals surface area contributed by atoms with Crippen molar-refractivity contribution < 1.29 is 41.0 Å². The molecule has 4 nitrogen and oxygen atoms in total. The smallest absolute Gasteiger partial charge is 0.420 e. The van der Waals surface area contributed by atoms with E-state index in [-0.39, 0.29) is 18.2 Å². The molecule has 10 heteroatoms. The largest absolute Gasteiger partial charge is 0.481 e. The zero-order chi connectivity index (χ0) is 25.4. The minimum absolute atomic E-state index is 0.0166. The number of carboxylic acids is 1. The molecule has 0 saturated carbocycles. The van der Waals surface area contributed by atoms with E-state index >= 15 is 0 Å². The first-order valence-electron chi connectivity index (χ1n) is 10.3. The van der Waals surface area contributed by atoms with Crippen molar-refractivity contribution >= 4 is 16.9 Å². The van der Waals surface area contributed by atoms with Crippen LogP contribution in [0.1, 0.15) is 22.3 Å². The van der Waals surface area contributed by atoms with Gasteiger partial charge in [-0.3, -0.25) is 4.79 Å². The molecule has 4 rings (SSSR count). The van der Waals surface area contributed by atoms with Gasteiger partial charge < -0.3 is 14.4 Å². The Morgan fingerprint density at radius 1 is 0.886 bits per heavy atom. The van der Waals surface area contributed by atoms with Gasteiger partial charge in [-0.25, -0.2) is 0 Å². The molecule has 0 unspecified atom stereocenters. The average Bonchev–Trinajstić information content (AvgIpc) is 3.10. The fraction of sp³-hybridized carbons (Fsp3) is 0.160. The molecule has 0 saturated heterocycles. The van der Waals surface area contributed by atoms with Crippen LogP contribution >= 0.6 is 0 Å². The molecule has 1 N–H and O–H groups in total. The number of carbonyl (C=O) groups is 1. The predicted octanol–water partition coefficient (Wildman–Crippen LogP) is 7.15. The summed E-state index contributed by atoms with van der Waals surface area (Å²) in [6.45, 7) is 0.356. The van der Waals surface area contributed by atoms with Gasteiger partial charge in [0, 0.05) is 23.6 Å². The lowest BCUT2D eigenvalue weighted by atomic mass is 10.1. The molecule has 1 heterocycles. The number of carboxylic acid groups (broad SMARTS) is 1. The molecule has 0 amide bonds. The number of hydrogen-bond donors (Lipinski definition) is 1. The van der Waals surface area contributed by atoms with Crippen LogP contribution in [0.5, 0.6) is 11.5 Å². The third-order valence-electron chi connectivity index (χ3n) is 5.33. The molecule has 3 aromatic carbocycles. The number of aliphatic carboxylic acids is 1. The van der Waals surface area contributed by atoms with E-state index in [4.69, 9.17) is 9.84 Å². The van der Waals surface area contributed by atoms with Gasteiger partial charge in [-0.1, -0.05) is 30.3 Å². The van der Waals surface area contributed by atoms with E-state index in [1.54, 1.807) is 24.4 Å². The van der Waals surface area contributed by atoms with E-state index in [1.165, 1.54) is 12.1 Å². The van der Waals surface area contributed by atoms with Gasteiger partial charge in [0.15, 0.2) is 0 Å². The van der Waals surface area contributed by atoms with Gasteiger partial charge in [-0.05, 0) is 47.5 Å². The van der Waals surface area contributed by atoms with Gasteiger partial charge in [0.05, 0.1) is 17.5 Å². The van der Waals surface area contributed by atoms with Crippen molar-refractivity contribution in [1.82, 2.24) is 4.57 Å². The molecule has 0 atom stereocenters. The van der Waals surface area contributed by atoms with Crippen molar-refractivity contribution in [2.24, 2.45) is 0 Å². The molecule has 0 aliphatic heterocycles. The second-order valence-corrected chi connectivity index (χ2v) is 7.82. The number of halogens is 6. The topological polar surface area (TPSA) is 51.5 Å². The van der Waals surface area contributed by atoms with Crippen LogP contribution in [0, 0.1) is 0 Å². The summed E-state index contributed by atoms with van der Waals surface area (Å²) < 4.78 is 85.8. The van der Waals surface area contributed by atoms with Gasteiger partial charge in [0.25, 0.3) is 0 Å². The number of hydrogen-bond acceptors (Lipinski definition) is 2. The maximum atomic E-state index is 13.3. The van der Waals surface area contributed by atoms with Crippen LogP contribution in [0.2, 0.25) is 0 Å². The molecule has 0 fully saturated rings. The van der Waals surface area contributed by atoms with E-state index in [9.17, 15) is 31.1 Å². The lowest BCUT2D eigenvalue weighted by Gasteiger charge is -2.16. The van der Waals surface area contributed by atoms with E-state index in [2.05, 4.69) is 0 Å². The van der Waals surface area contributed by atoms with Crippen LogP contribution in [-0.4, -0.2) is 15.6 Å². The number of fused-ring (bicyclic) bond motifs is 1. The Morgan fingerprint density at radius 3 is 2.20 bits per heavy atom. The van der Waals surface area contributed by atoms with Gasteiger partial charge in [0.1, 0.15) is 11.5 Å². The van der Waals surface area contributed by atoms with Crippen molar-refractivity contribution in [3.63, 3.8) is 0 Å². The molecule has 35 heavy (non-hydrogen) atoms. The Bertz CT molecular complexity index is 1370. The van der Waals surface area contributed by atoms with Crippen LogP contribution in [-0.2, 0) is 30.1 Å². The normalized spacial score (nSPS) is 12.2. The number of aromatic nitrogens is 1.